The number of nitro groups is 1. The number of hydrogen-bond acceptors (Lipinski definition) is 5. The molecule has 1 aromatic heterocycles. The molecular weight excluding hydrogens is 222 g/mol. The van der Waals surface area contributed by atoms with E-state index < -0.39 is 11.0 Å². The van der Waals surface area contributed by atoms with Crippen LogP contribution < -0.4 is 5.32 Å². The van der Waals surface area contributed by atoms with Crippen LogP contribution in [-0.2, 0) is 0 Å². The number of aliphatic hydroxyl groups is 1. The molecule has 1 heterocycles. The van der Waals surface area contributed by atoms with Crippen molar-refractivity contribution < 1.29 is 10.0 Å². The van der Waals surface area contributed by atoms with Crippen molar-refractivity contribution in [3.8, 4) is 0 Å². The molecule has 0 amide bonds. The third-order valence-corrected chi connectivity index (χ3v) is 2.53. The van der Waals surface area contributed by atoms with E-state index in [4.69, 9.17) is 0 Å². The summed E-state index contributed by atoms with van der Waals surface area (Å²) < 4.78 is 0. The minimum Gasteiger partial charge on any atom is -0.391 e. The molecule has 94 valence electrons. The van der Waals surface area contributed by atoms with Crippen molar-refractivity contribution in [2.45, 2.75) is 26.9 Å². The van der Waals surface area contributed by atoms with Crippen LogP contribution in [0.4, 0.5) is 11.5 Å². The first kappa shape index (κ1) is 13.4. The average Bonchev–Trinajstić information content (AvgIpc) is 2.26. The summed E-state index contributed by atoms with van der Waals surface area (Å²) in [6.07, 6.45) is 0.944. The maximum absolute atomic E-state index is 10.7. The highest BCUT2D eigenvalue weighted by Gasteiger charge is 2.13. The Morgan fingerprint density at radius 1 is 1.59 bits per heavy atom. The molecule has 1 unspecified atom stereocenters. The zero-order chi connectivity index (χ0) is 13.0. The molecule has 0 saturated carbocycles. The smallest absolute Gasteiger partial charge is 0.277 e. The summed E-state index contributed by atoms with van der Waals surface area (Å²) in [5.74, 6) is 0.532. The van der Waals surface area contributed by atoms with Gasteiger partial charge in [0, 0.05) is 18.3 Å². The Labute approximate surface area is 99.8 Å². The molecule has 0 aliphatic carbocycles. The van der Waals surface area contributed by atoms with Crippen molar-refractivity contribution >= 4 is 11.5 Å². The Morgan fingerprint density at radius 2 is 2.24 bits per heavy atom. The van der Waals surface area contributed by atoms with Gasteiger partial charge in [-0.25, -0.2) is 4.98 Å². The summed E-state index contributed by atoms with van der Waals surface area (Å²) in [6.45, 7) is 5.76. The van der Waals surface area contributed by atoms with Crippen LogP contribution in [0.3, 0.4) is 0 Å². The summed E-state index contributed by atoms with van der Waals surface area (Å²) in [5, 5.41) is 23.2. The molecular formula is C11H17N3O3. The summed E-state index contributed by atoms with van der Waals surface area (Å²) in [4.78, 5) is 14.3. The van der Waals surface area contributed by atoms with Crippen LogP contribution >= 0.6 is 0 Å². The van der Waals surface area contributed by atoms with Crippen LogP contribution in [0.15, 0.2) is 12.3 Å². The largest absolute Gasteiger partial charge is 0.391 e. The van der Waals surface area contributed by atoms with Crippen molar-refractivity contribution in [3.05, 3.63) is 27.9 Å². The number of anilines is 1. The third-order valence-electron chi connectivity index (χ3n) is 2.53. The van der Waals surface area contributed by atoms with E-state index >= 15 is 0 Å². The number of pyridine rings is 1. The first-order valence-corrected chi connectivity index (χ1v) is 5.44. The summed E-state index contributed by atoms with van der Waals surface area (Å²) in [5.41, 5.74) is 0.548. The second-order valence-electron chi connectivity index (χ2n) is 4.31. The molecule has 6 heteroatoms. The molecule has 0 radical (unpaired) electrons. The van der Waals surface area contributed by atoms with Gasteiger partial charge in [-0.1, -0.05) is 13.8 Å². The Balaban J connectivity index is 2.73. The van der Waals surface area contributed by atoms with Gasteiger partial charge in [-0.05, 0) is 12.8 Å². The lowest BCUT2D eigenvalue weighted by atomic mass is 10.1. The summed E-state index contributed by atoms with van der Waals surface area (Å²) in [6, 6.07) is 1.38. The molecule has 0 aliphatic heterocycles. The molecule has 1 atom stereocenters. The highest BCUT2D eigenvalue weighted by Crippen LogP contribution is 2.19. The molecule has 0 spiro atoms. The maximum atomic E-state index is 10.7. The molecule has 1 rings (SSSR count). The predicted molar refractivity (Wildman–Crippen MR) is 65.0 cm³/mol. The van der Waals surface area contributed by atoms with E-state index in [9.17, 15) is 15.2 Å². The van der Waals surface area contributed by atoms with Crippen LogP contribution in [-0.4, -0.2) is 27.7 Å². The molecule has 0 bridgehead atoms. The third kappa shape index (κ3) is 3.67. The Hall–Kier alpha value is -1.69. The number of aromatic nitrogens is 1. The molecule has 0 fully saturated rings. The quantitative estimate of drug-likeness (QED) is 0.603. The lowest BCUT2D eigenvalue weighted by Crippen LogP contribution is -2.25. The number of aryl methyl sites for hydroxylation is 1. The summed E-state index contributed by atoms with van der Waals surface area (Å²) in [7, 11) is 0. The van der Waals surface area contributed by atoms with E-state index in [0.717, 1.165) is 0 Å². The van der Waals surface area contributed by atoms with Gasteiger partial charge in [0.15, 0.2) is 0 Å². The van der Waals surface area contributed by atoms with Gasteiger partial charge < -0.3 is 10.4 Å². The zero-order valence-corrected chi connectivity index (χ0v) is 10.2. The normalized spacial score (nSPS) is 12.5. The minimum absolute atomic E-state index is 0.0292. The van der Waals surface area contributed by atoms with Crippen LogP contribution in [0.1, 0.15) is 19.4 Å². The molecule has 1 aromatic rings. The van der Waals surface area contributed by atoms with Crippen LogP contribution in [0.5, 0.6) is 0 Å². The zero-order valence-electron chi connectivity index (χ0n) is 10.2. The van der Waals surface area contributed by atoms with Gasteiger partial charge >= 0.3 is 0 Å². The van der Waals surface area contributed by atoms with Crippen LogP contribution in [0, 0.1) is 23.0 Å². The number of nitrogens with one attached hydrogen (secondary N) is 1. The van der Waals surface area contributed by atoms with Crippen molar-refractivity contribution in [3.63, 3.8) is 0 Å². The molecule has 0 aliphatic rings. The second-order valence-corrected chi connectivity index (χ2v) is 4.31. The molecule has 2 N–H and O–H groups in total. The fourth-order valence-corrected chi connectivity index (χ4v) is 1.25. The SMILES string of the molecule is Cc1cnc(NCC(O)C(C)C)cc1[N+](=O)[O-]. The van der Waals surface area contributed by atoms with Crippen molar-refractivity contribution in [1.29, 1.82) is 0 Å². The maximum Gasteiger partial charge on any atom is 0.277 e. The number of hydrogen-bond donors (Lipinski definition) is 2. The lowest BCUT2D eigenvalue weighted by Gasteiger charge is -2.15. The highest BCUT2D eigenvalue weighted by molar-refractivity contribution is 5.48. The van der Waals surface area contributed by atoms with Crippen LogP contribution in [0.2, 0.25) is 0 Å². The van der Waals surface area contributed by atoms with Crippen molar-refractivity contribution in [1.82, 2.24) is 4.98 Å². The van der Waals surface area contributed by atoms with Gasteiger partial charge in [0.2, 0.25) is 0 Å². The number of aliphatic hydroxyl groups excluding tert-OH is 1. The Morgan fingerprint density at radius 3 is 2.76 bits per heavy atom. The minimum atomic E-state index is -0.503. The fraction of sp³-hybridized carbons (Fsp3) is 0.545. The van der Waals surface area contributed by atoms with Crippen molar-refractivity contribution in [2.24, 2.45) is 5.92 Å². The van der Waals surface area contributed by atoms with E-state index in [2.05, 4.69) is 10.3 Å². The monoisotopic (exact) mass is 239 g/mol. The molecule has 0 saturated heterocycles. The fourth-order valence-electron chi connectivity index (χ4n) is 1.25. The molecule has 17 heavy (non-hydrogen) atoms. The molecule has 0 aromatic carbocycles. The lowest BCUT2D eigenvalue weighted by molar-refractivity contribution is -0.385. The van der Waals surface area contributed by atoms with Gasteiger partial charge in [-0.3, -0.25) is 10.1 Å². The number of nitrogens with zero attached hydrogens (tertiary/aromatic N) is 2. The Bertz CT molecular complexity index is 407. The molecule has 6 nitrogen and oxygen atoms in total. The standard InChI is InChI=1S/C11H17N3O3/c1-7(2)10(15)6-13-11-4-9(14(16)17)8(3)5-12-11/h4-5,7,10,15H,6H2,1-3H3,(H,12,13). The van der Waals surface area contributed by atoms with Crippen LogP contribution in [0.25, 0.3) is 0 Å². The number of rotatable bonds is 5. The van der Waals surface area contributed by atoms with E-state index in [1.807, 2.05) is 13.8 Å². The predicted octanol–water partition coefficient (Wildman–Crippen LogP) is 1.73. The summed E-state index contributed by atoms with van der Waals surface area (Å²) >= 11 is 0. The van der Waals surface area contributed by atoms with Gasteiger partial charge in [0.1, 0.15) is 5.82 Å². The van der Waals surface area contributed by atoms with Crippen molar-refractivity contribution in [2.75, 3.05) is 11.9 Å². The topological polar surface area (TPSA) is 88.3 Å². The second kappa shape index (κ2) is 5.58. The van der Waals surface area contributed by atoms with Gasteiger partial charge in [0.05, 0.1) is 17.1 Å². The first-order chi connectivity index (χ1) is 7.91. The Kier molecular flexibility index (Phi) is 4.39. The van der Waals surface area contributed by atoms with Gasteiger partial charge in [-0.2, -0.15) is 0 Å². The van der Waals surface area contributed by atoms with E-state index in [1.54, 1.807) is 6.92 Å². The van der Waals surface area contributed by atoms with Gasteiger partial charge in [0.25, 0.3) is 5.69 Å². The average molecular weight is 239 g/mol. The highest BCUT2D eigenvalue weighted by atomic mass is 16.6. The van der Waals surface area contributed by atoms with Gasteiger partial charge in [-0.15, -0.1) is 0 Å². The van der Waals surface area contributed by atoms with E-state index in [1.165, 1.54) is 12.3 Å². The first-order valence-electron chi connectivity index (χ1n) is 5.44. The van der Waals surface area contributed by atoms with E-state index in [-0.39, 0.29) is 11.6 Å². The van der Waals surface area contributed by atoms with E-state index in [0.29, 0.717) is 17.9 Å².